The molecule has 82 valence electrons. The first-order valence-electron chi connectivity index (χ1n) is 4.31. The number of benzene rings is 1. The number of carbonyl (C=O) groups is 1. The number of aldehydes is 1. The van der Waals surface area contributed by atoms with Crippen LogP contribution >= 0.6 is 24.2 Å². The van der Waals surface area contributed by atoms with E-state index in [0.717, 1.165) is 0 Å². The van der Waals surface area contributed by atoms with Gasteiger partial charge in [-0.2, -0.15) is 12.6 Å². The van der Waals surface area contributed by atoms with E-state index in [1.165, 1.54) is 18.2 Å². The van der Waals surface area contributed by atoms with Gasteiger partial charge in [-0.1, -0.05) is 11.6 Å². The second-order valence-electron chi connectivity index (χ2n) is 3.13. The fraction of sp³-hybridized carbons (Fsp3) is 0.300. The van der Waals surface area contributed by atoms with Gasteiger partial charge in [-0.05, 0) is 23.8 Å². The number of hydrogen-bond acceptors (Lipinski definition) is 4. The van der Waals surface area contributed by atoms with Crippen LogP contribution in [-0.2, 0) is 0 Å². The third kappa shape index (κ3) is 3.21. The van der Waals surface area contributed by atoms with Crippen molar-refractivity contribution in [2.24, 2.45) is 0 Å². The summed E-state index contributed by atoms with van der Waals surface area (Å²) in [5, 5.41) is 19.4. The van der Waals surface area contributed by atoms with Crippen LogP contribution in [0.4, 0.5) is 0 Å². The Morgan fingerprint density at radius 1 is 1.40 bits per heavy atom. The fourth-order valence-corrected chi connectivity index (χ4v) is 1.65. The van der Waals surface area contributed by atoms with Gasteiger partial charge in [-0.15, -0.1) is 0 Å². The molecule has 0 heterocycles. The van der Waals surface area contributed by atoms with Crippen molar-refractivity contribution in [2.45, 2.75) is 12.2 Å². The first-order chi connectivity index (χ1) is 7.08. The van der Waals surface area contributed by atoms with Gasteiger partial charge in [0.15, 0.2) is 0 Å². The summed E-state index contributed by atoms with van der Waals surface area (Å²) < 4.78 is 0. The Labute approximate surface area is 98.1 Å². The van der Waals surface area contributed by atoms with Crippen LogP contribution in [0.5, 0.6) is 0 Å². The summed E-state index contributed by atoms with van der Waals surface area (Å²) in [5.74, 6) is 0.129. The number of aliphatic hydroxyl groups excluding tert-OH is 2. The first kappa shape index (κ1) is 12.5. The third-order valence-corrected chi connectivity index (χ3v) is 2.56. The summed E-state index contributed by atoms with van der Waals surface area (Å²) >= 11 is 9.62. The molecule has 0 saturated carbocycles. The Morgan fingerprint density at radius 2 is 2.07 bits per heavy atom. The van der Waals surface area contributed by atoms with E-state index < -0.39 is 12.2 Å². The van der Waals surface area contributed by atoms with Crippen molar-refractivity contribution >= 4 is 30.5 Å². The predicted octanol–water partition coefficient (Wildman–Crippen LogP) is 1.48. The Morgan fingerprint density at radius 3 is 2.60 bits per heavy atom. The number of thiol groups is 1. The molecule has 2 unspecified atom stereocenters. The molecular weight excluding hydrogens is 236 g/mol. The summed E-state index contributed by atoms with van der Waals surface area (Å²) in [5.41, 5.74) is 0.772. The van der Waals surface area contributed by atoms with Crippen molar-refractivity contribution in [3.8, 4) is 0 Å². The average molecular weight is 247 g/mol. The standard InChI is InChI=1S/C10H11ClO3S/c11-8-2-6(4-12)1-7(3-8)10(14)9(13)5-15/h1-4,9-10,13-15H,5H2. The van der Waals surface area contributed by atoms with E-state index in [2.05, 4.69) is 12.6 Å². The van der Waals surface area contributed by atoms with Crippen molar-refractivity contribution in [1.29, 1.82) is 0 Å². The molecule has 0 bridgehead atoms. The number of rotatable bonds is 4. The minimum Gasteiger partial charge on any atom is -0.389 e. The maximum atomic E-state index is 10.6. The number of carbonyl (C=O) groups excluding carboxylic acids is 1. The van der Waals surface area contributed by atoms with Crippen molar-refractivity contribution in [2.75, 3.05) is 5.75 Å². The molecule has 1 rings (SSSR count). The Hall–Kier alpha value is -0.550. The second-order valence-corrected chi connectivity index (χ2v) is 3.93. The van der Waals surface area contributed by atoms with E-state index in [9.17, 15) is 15.0 Å². The predicted molar refractivity (Wildman–Crippen MR) is 61.7 cm³/mol. The maximum absolute atomic E-state index is 10.6. The molecule has 1 aromatic carbocycles. The molecule has 0 spiro atoms. The van der Waals surface area contributed by atoms with Gasteiger partial charge in [-0.25, -0.2) is 0 Å². The zero-order valence-electron chi connectivity index (χ0n) is 7.80. The minimum absolute atomic E-state index is 0.129. The van der Waals surface area contributed by atoms with Crippen molar-refractivity contribution < 1.29 is 15.0 Å². The first-order valence-corrected chi connectivity index (χ1v) is 5.32. The van der Waals surface area contributed by atoms with Gasteiger partial charge in [-0.3, -0.25) is 4.79 Å². The molecular formula is C10H11ClO3S. The van der Waals surface area contributed by atoms with Crippen LogP contribution in [0.3, 0.4) is 0 Å². The lowest BCUT2D eigenvalue weighted by Gasteiger charge is -2.16. The minimum atomic E-state index is -1.08. The van der Waals surface area contributed by atoms with Crippen LogP contribution in [0.2, 0.25) is 5.02 Å². The van der Waals surface area contributed by atoms with E-state index in [-0.39, 0.29) is 5.75 Å². The zero-order valence-corrected chi connectivity index (χ0v) is 9.45. The van der Waals surface area contributed by atoms with Gasteiger partial charge in [0, 0.05) is 16.3 Å². The third-order valence-electron chi connectivity index (χ3n) is 1.97. The van der Waals surface area contributed by atoms with E-state index in [1.807, 2.05) is 0 Å². The van der Waals surface area contributed by atoms with Crippen molar-refractivity contribution in [1.82, 2.24) is 0 Å². The molecule has 0 amide bonds. The quantitative estimate of drug-likeness (QED) is 0.557. The molecule has 0 radical (unpaired) electrons. The normalized spacial score (nSPS) is 14.7. The smallest absolute Gasteiger partial charge is 0.150 e. The molecule has 2 atom stereocenters. The van der Waals surface area contributed by atoms with Gasteiger partial charge in [0.25, 0.3) is 0 Å². The van der Waals surface area contributed by atoms with Crippen LogP contribution in [-0.4, -0.2) is 28.4 Å². The lowest BCUT2D eigenvalue weighted by molar-refractivity contribution is 0.0337. The number of aliphatic hydroxyl groups is 2. The van der Waals surface area contributed by atoms with E-state index >= 15 is 0 Å². The lowest BCUT2D eigenvalue weighted by atomic mass is 10.0. The fourth-order valence-electron chi connectivity index (χ4n) is 1.20. The zero-order chi connectivity index (χ0) is 11.4. The highest BCUT2D eigenvalue weighted by Gasteiger charge is 2.17. The molecule has 0 aromatic heterocycles. The topological polar surface area (TPSA) is 57.5 Å². The van der Waals surface area contributed by atoms with Crippen LogP contribution in [0, 0.1) is 0 Å². The highest BCUT2D eigenvalue weighted by molar-refractivity contribution is 7.80. The molecule has 3 nitrogen and oxygen atoms in total. The average Bonchev–Trinajstić information content (AvgIpc) is 2.26. The van der Waals surface area contributed by atoms with E-state index in [4.69, 9.17) is 11.6 Å². The second kappa shape index (κ2) is 5.51. The summed E-state index contributed by atoms with van der Waals surface area (Å²) in [6.07, 6.45) is -1.43. The highest BCUT2D eigenvalue weighted by Crippen LogP contribution is 2.22. The van der Waals surface area contributed by atoms with Crippen molar-refractivity contribution in [3.63, 3.8) is 0 Å². The van der Waals surface area contributed by atoms with Crippen LogP contribution in [0.25, 0.3) is 0 Å². The Balaban J connectivity index is 3.02. The van der Waals surface area contributed by atoms with Crippen LogP contribution in [0.15, 0.2) is 18.2 Å². The summed E-state index contributed by atoms with van der Waals surface area (Å²) in [7, 11) is 0. The summed E-state index contributed by atoms with van der Waals surface area (Å²) in [6, 6.07) is 4.47. The Kier molecular flexibility index (Phi) is 4.60. The van der Waals surface area contributed by atoms with E-state index in [1.54, 1.807) is 0 Å². The molecule has 0 aliphatic rings. The van der Waals surface area contributed by atoms with Crippen LogP contribution in [0.1, 0.15) is 22.0 Å². The molecule has 0 aliphatic carbocycles. The van der Waals surface area contributed by atoms with Crippen LogP contribution < -0.4 is 0 Å². The number of hydrogen-bond donors (Lipinski definition) is 3. The molecule has 0 aliphatic heterocycles. The van der Waals surface area contributed by atoms with Gasteiger partial charge in [0.1, 0.15) is 12.4 Å². The molecule has 0 saturated heterocycles. The lowest BCUT2D eigenvalue weighted by Crippen LogP contribution is -2.19. The summed E-state index contributed by atoms with van der Waals surface area (Å²) in [6.45, 7) is 0. The molecule has 2 N–H and O–H groups in total. The highest BCUT2D eigenvalue weighted by atomic mass is 35.5. The van der Waals surface area contributed by atoms with Gasteiger partial charge >= 0.3 is 0 Å². The maximum Gasteiger partial charge on any atom is 0.150 e. The molecule has 1 aromatic rings. The SMILES string of the molecule is O=Cc1cc(Cl)cc(C(O)C(O)CS)c1. The monoisotopic (exact) mass is 246 g/mol. The van der Waals surface area contributed by atoms with Gasteiger partial charge in [0.2, 0.25) is 0 Å². The van der Waals surface area contributed by atoms with Gasteiger partial charge in [0.05, 0.1) is 6.10 Å². The molecule has 5 heteroatoms. The number of halogens is 1. The molecule has 0 fully saturated rings. The van der Waals surface area contributed by atoms with E-state index in [0.29, 0.717) is 22.4 Å². The van der Waals surface area contributed by atoms with Gasteiger partial charge < -0.3 is 10.2 Å². The summed E-state index contributed by atoms with van der Waals surface area (Å²) in [4.78, 5) is 10.6. The largest absolute Gasteiger partial charge is 0.389 e. The molecule has 15 heavy (non-hydrogen) atoms. The van der Waals surface area contributed by atoms with Crippen molar-refractivity contribution in [3.05, 3.63) is 34.3 Å². The Bertz CT molecular complexity index is 357.